The zero-order valence-electron chi connectivity index (χ0n) is 10.7. The Bertz CT molecular complexity index is 401. The van der Waals surface area contributed by atoms with Gasteiger partial charge in [-0.1, -0.05) is 6.42 Å². The molecule has 3 atom stereocenters. The molecule has 2 aliphatic rings. The average Bonchev–Trinajstić information content (AvgIpc) is 2.95. The van der Waals surface area contributed by atoms with Crippen LogP contribution in [0, 0.1) is 17.3 Å². The summed E-state index contributed by atoms with van der Waals surface area (Å²) in [6, 6.07) is 0. The van der Waals surface area contributed by atoms with E-state index in [1.807, 2.05) is 7.05 Å². The average molecular weight is 235 g/mol. The van der Waals surface area contributed by atoms with Crippen LogP contribution >= 0.6 is 0 Å². The second kappa shape index (κ2) is 4.05. The highest BCUT2D eigenvalue weighted by atomic mass is 15.6. The van der Waals surface area contributed by atoms with Gasteiger partial charge in [-0.3, -0.25) is 0 Å². The number of aryl methyl sites for hydroxylation is 1. The second-order valence-electron chi connectivity index (χ2n) is 5.84. The van der Waals surface area contributed by atoms with Gasteiger partial charge >= 0.3 is 0 Å². The van der Waals surface area contributed by atoms with Gasteiger partial charge < -0.3 is 5.32 Å². The maximum absolute atomic E-state index is 4.35. The number of nitrogens with one attached hydrogen (secondary N) is 1. The first kappa shape index (κ1) is 11.1. The Morgan fingerprint density at radius 3 is 2.88 bits per heavy atom. The van der Waals surface area contributed by atoms with E-state index in [2.05, 4.69) is 27.8 Å². The molecule has 0 spiro atoms. The molecular formula is C12H21N5. The fourth-order valence-electron chi connectivity index (χ4n) is 4.11. The Morgan fingerprint density at radius 2 is 2.35 bits per heavy atom. The van der Waals surface area contributed by atoms with Gasteiger partial charge in [0.15, 0.2) is 5.82 Å². The Kier molecular flexibility index (Phi) is 2.65. The smallest absolute Gasteiger partial charge is 0.175 e. The van der Waals surface area contributed by atoms with Crippen LogP contribution in [0.3, 0.4) is 0 Å². The van der Waals surface area contributed by atoms with Crippen molar-refractivity contribution >= 4 is 0 Å². The summed E-state index contributed by atoms with van der Waals surface area (Å²) < 4.78 is 0. The molecule has 1 aromatic rings. The van der Waals surface area contributed by atoms with Gasteiger partial charge in [-0.05, 0) is 48.8 Å². The summed E-state index contributed by atoms with van der Waals surface area (Å²) in [6.07, 6.45) is 6.58. The van der Waals surface area contributed by atoms with E-state index >= 15 is 0 Å². The van der Waals surface area contributed by atoms with Crippen molar-refractivity contribution in [3.8, 4) is 0 Å². The van der Waals surface area contributed by atoms with Gasteiger partial charge in [-0.25, -0.2) is 0 Å². The maximum atomic E-state index is 4.35. The minimum atomic E-state index is 0.390. The predicted molar refractivity (Wildman–Crippen MR) is 64.3 cm³/mol. The predicted octanol–water partition coefficient (Wildman–Crippen LogP) is 0.778. The first-order chi connectivity index (χ1) is 8.22. The normalized spacial score (nSPS) is 35.6. The van der Waals surface area contributed by atoms with Crippen LogP contribution in [0.25, 0.3) is 0 Å². The van der Waals surface area contributed by atoms with E-state index in [-0.39, 0.29) is 0 Å². The first-order valence-electron chi connectivity index (χ1n) is 6.59. The van der Waals surface area contributed by atoms with Gasteiger partial charge in [0, 0.05) is 13.0 Å². The standard InChI is InChI=1S/C12H21N5/c1-13-8-12(6-9-3-4-10(12)5-9)7-11-14-16-17(2)15-11/h9-10,13H,3-8H2,1-2H3. The highest BCUT2D eigenvalue weighted by Gasteiger charge is 2.50. The lowest BCUT2D eigenvalue weighted by atomic mass is 9.70. The quantitative estimate of drug-likeness (QED) is 0.838. The fraction of sp³-hybridized carbons (Fsp3) is 0.917. The molecule has 2 fully saturated rings. The Morgan fingerprint density at radius 1 is 1.47 bits per heavy atom. The zero-order chi connectivity index (χ0) is 11.9. The molecule has 5 nitrogen and oxygen atoms in total. The molecule has 0 aliphatic heterocycles. The molecule has 0 saturated heterocycles. The van der Waals surface area contributed by atoms with Gasteiger partial charge in [0.05, 0.1) is 7.05 Å². The molecule has 5 heteroatoms. The van der Waals surface area contributed by atoms with E-state index in [1.165, 1.54) is 25.7 Å². The Hall–Kier alpha value is -0.970. The molecule has 3 rings (SSSR count). The van der Waals surface area contributed by atoms with E-state index in [4.69, 9.17) is 0 Å². The van der Waals surface area contributed by atoms with E-state index in [0.717, 1.165) is 30.6 Å². The van der Waals surface area contributed by atoms with Crippen molar-refractivity contribution in [3.05, 3.63) is 5.82 Å². The molecule has 2 saturated carbocycles. The summed E-state index contributed by atoms with van der Waals surface area (Å²) in [5, 5.41) is 15.8. The molecule has 1 aromatic heterocycles. The lowest BCUT2D eigenvalue weighted by Crippen LogP contribution is -2.39. The molecule has 0 radical (unpaired) electrons. The molecule has 3 unspecified atom stereocenters. The van der Waals surface area contributed by atoms with Gasteiger partial charge in [-0.15, -0.1) is 10.2 Å². The van der Waals surface area contributed by atoms with Crippen LogP contribution in [-0.4, -0.2) is 33.8 Å². The molecule has 0 aromatic carbocycles. The minimum absolute atomic E-state index is 0.390. The largest absolute Gasteiger partial charge is 0.319 e. The SMILES string of the molecule is CNCC1(Cc2nnn(C)n2)CC2CCC1C2. The van der Waals surface area contributed by atoms with E-state index in [9.17, 15) is 0 Å². The number of hydrogen-bond acceptors (Lipinski definition) is 4. The van der Waals surface area contributed by atoms with E-state index < -0.39 is 0 Å². The third-order valence-electron chi connectivity index (χ3n) is 4.69. The molecule has 1 N–H and O–H groups in total. The first-order valence-corrected chi connectivity index (χ1v) is 6.59. The monoisotopic (exact) mass is 235 g/mol. The molecule has 2 aliphatic carbocycles. The summed E-state index contributed by atoms with van der Waals surface area (Å²) >= 11 is 0. The lowest BCUT2D eigenvalue weighted by molar-refractivity contribution is 0.156. The van der Waals surface area contributed by atoms with Crippen LogP contribution in [0.2, 0.25) is 0 Å². The highest BCUT2D eigenvalue weighted by Crippen LogP contribution is 2.56. The molecule has 17 heavy (non-hydrogen) atoms. The van der Waals surface area contributed by atoms with E-state index in [0.29, 0.717) is 5.41 Å². The van der Waals surface area contributed by atoms with Crippen LogP contribution in [0.5, 0.6) is 0 Å². The summed E-state index contributed by atoms with van der Waals surface area (Å²) in [5.74, 6) is 2.73. The third-order valence-corrected chi connectivity index (χ3v) is 4.69. The summed E-state index contributed by atoms with van der Waals surface area (Å²) in [6.45, 7) is 1.09. The maximum Gasteiger partial charge on any atom is 0.175 e. The van der Waals surface area contributed by atoms with Crippen LogP contribution in [0.15, 0.2) is 0 Å². The van der Waals surface area contributed by atoms with Gasteiger partial charge in [-0.2, -0.15) is 4.80 Å². The molecule has 1 heterocycles. The van der Waals surface area contributed by atoms with Crippen molar-refractivity contribution < 1.29 is 0 Å². The molecule has 2 bridgehead atoms. The van der Waals surface area contributed by atoms with Gasteiger partial charge in [0.2, 0.25) is 0 Å². The van der Waals surface area contributed by atoms with Gasteiger partial charge in [0.25, 0.3) is 0 Å². The Balaban J connectivity index is 1.81. The molecular weight excluding hydrogens is 214 g/mol. The topological polar surface area (TPSA) is 55.6 Å². The Labute approximate surface area is 102 Å². The van der Waals surface area contributed by atoms with Crippen LogP contribution in [-0.2, 0) is 13.5 Å². The number of tetrazole rings is 1. The van der Waals surface area contributed by atoms with Crippen molar-refractivity contribution in [2.45, 2.75) is 32.1 Å². The van der Waals surface area contributed by atoms with Crippen LogP contribution < -0.4 is 5.32 Å². The zero-order valence-corrected chi connectivity index (χ0v) is 10.7. The minimum Gasteiger partial charge on any atom is -0.319 e. The number of aromatic nitrogens is 4. The highest BCUT2D eigenvalue weighted by molar-refractivity contribution is 5.05. The summed E-state index contributed by atoms with van der Waals surface area (Å²) in [7, 11) is 3.89. The van der Waals surface area contributed by atoms with Crippen molar-refractivity contribution in [1.82, 2.24) is 25.5 Å². The van der Waals surface area contributed by atoms with Crippen molar-refractivity contribution in [2.24, 2.45) is 24.3 Å². The van der Waals surface area contributed by atoms with E-state index in [1.54, 1.807) is 4.80 Å². The third kappa shape index (κ3) is 1.86. The number of fused-ring (bicyclic) bond motifs is 2. The van der Waals surface area contributed by atoms with Crippen LogP contribution in [0.4, 0.5) is 0 Å². The van der Waals surface area contributed by atoms with Crippen molar-refractivity contribution in [2.75, 3.05) is 13.6 Å². The number of nitrogens with zero attached hydrogens (tertiary/aromatic N) is 4. The van der Waals surface area contributed by atoms with Crippen molar-refractivity contribution in [1.29, 1.82) is 0 Å². The second-order valence-corrected chi connectivity index (χ2v) is 5.84. The molecule has 0 amide bonds. The van der Waals surface area contributed by atoms with Crippen LogP contribution in [0.1, 0.15) is 31.5 Å². The molecule has 94 valence electrons. The fourth-order valence-corrected chi connectivity index (χ4v) is 4.11. The van der Waals surface area contributed by atoms with Crippen molar-refractivity contribution in [3.63, 3.8) is 0 Å². The lowest BCUT2D eigenvalue weighted by Gasteiger charge is -2.36. The summed E-state index contributed by atoms with van der Waals surface area (Å²) in [5.41, 5.74) is 0.390. The summed E-state index contributed by atoms with van der Waals surface area (Å²) in [4.78, 5) is 1.57. The number of rotatable bonds is 4. The number of hydrogen-bond donors (Lipinski definition) is 1. The van der Waals surface area contributed by atoms with Gasteiger partial charge in [0.1, 0.15) is 0 Å².